The summed E-state index contributed by atoms with van der Waals surface area (Å²) in [6, 6.07) is 23.5. The van der Waals surface area contributed by atoms with Gasteiger partial charge in [0, 0.05) is 7.05 Å². The third-order valence-electron chi connectivity index (χ3n) is 4.09. The van der Waals surface area contributed by atoms with E-state index < -0.39 is 21.9 Å². The molecule has 3 aromatic rings. The van der Waals surface area contributed by atoms with E-state index in [2.05, 4.69) is 0 Å². The molecule has 5 heteroatoms. The molecule has 3 rings (SSSR count). The van der Waals surface area contributed by atoms with Crippen LogP contribution in [0.4, 0.5) is 4.39 Å². The van der Waals surface area contributed by atoms with Crippen molar-refractivity contribution >= 4 is 10.0 Å². The molecule has 0 amide bonds. The van der Waals surface area contributed by atoms with Crippen LogP contribution in [0.15, 0.2) is 89.8 Å². The highest BCUT2D eigenvalue weighted by Crippen LogP contribution is 2.32. The van der Waals surface area contributed by atoms with Gasteiger partial charge in [0.15, 0.2) is 0 Å². The highest BCUT2D eigenvalue weighted by Gasteiger charge is 2.31. The Morgan fingerprint density at radius 3 is 1.68 bits per heavy atom. The van der Waals surface area contributed by atoms with Gasteiger partial charge < -0.3 is 0 Å². The lowest BCUT2D eigenvalue weighted by atomic mass is 9.99. The molecule has 0 aliphatic rings. The Kier molecular flexibility index (Phi) is 4.97. The number of sulfonamides is 1. The molecular formula is C20H18FNO2S. The molecule has 25 heavy (non-hydrogen) atoms. The van der Waals surface area contributed by atoms with E-state index in [0.29, 0.717) is 0 Å². The number of benzene rings is 3. The smallest absolute Gasteiger partial charge is 0.207 e. The van der Waals surface area contributed by atoms with Gasteiger partial charge in [-0.05, 0) is 23.3 Å². The van der Waals surface area contributed by atoms with E-state index in [0.717, 1.165) is 17.2 Å². The Morgan fingerprint density at radius 2 is 1.20 bits per heavy atom. The van der Waals surface area contributed by atoms with Crippen molar-refractivity contribution < 1.29 is 12.8 Å². The molecule has 0 N–H and O–H groups in total. The van der Waals surface area contributed by atoms with Crippen molar-refractivity contribution in [2.75, 3.05) is 7.05 Å². The second-order valence-electron chi connectivity index (χ2n) is 5.68. The Hall–Kier alpha value is -2.50. The van der Waals surface area contributed by atoms with Crippen LogP contribution in [0.5, 0.6) is 0 Å². The number of halogens is 1. The number of rotatable bonds is 5. The first-order chi connectivity index (χ1) is 12.0. The SMILES string of the molecule is CN(C(c1ccccc1)c1ccccc1)S(=O)(=O)c1ccccc1F. The van der Waals surface area contributed by atoms with E-state index >= 15 is 0 Å². The normalized spacial score (nSPS) is 11.8. The third kappa shape index (κ3) is 3.48. The van der Waals surface area contributed by atoms with Crippen molar-refractivity contribution in [2.24, 2.45) is 0 Å². The molecule has 0 aliphatic heterocycles. The van der Waals surface area contributed by atoms with Crippen LogP contribution in [0.3, 0.4) is 0 Å². The summed E-state index contributed by atoms with van der Waals surface area (Å²) in [5.74, 6) is -0.755. The Bertz CT molecular complexity index is 904. The van der Waals surface area contributed by atoms with Crippen LogP contribution in [0.25, 0.3) is 0 Å². The molecule has 0 aromatic heterocycles. The first kappa shape index (κ1) is 17.3. The molecule has 128 valence electrons. The molecule has 0 saturated carbocycles. The van der Waals surface area contributed by atoms with Crippen LogP contribution >= 0.6 is 0 Å². The van der Waals surface area contributed by atoms with Gasteiger partial charge in [-0.1, -0.05) is 72.8 Å². The molecule has 0 heterocycles. The molecule has 0 fully saturated rings. The number of nitrogens with zero attached hydrogens (tertiary/aromatic N) is 1. The molecular weight excluding hydrogens is 337 g/mol. The lowest BCUT2D eigenvalue weighted by molar-refractivity contribution is 0.414. The summed E-state index contributed by atoms with van der Waals surface area (Å²) in [5, 5.41) is 0. The second kappa shape index (κ2) is 7.17. The summed E-state index contributed by atoms with van der Waals surface area (Å²) in [7, 11) is -2.53. The molecule has 0 saturated heterocycles. The van der Waals surface area contributed by atoms with Gasteiger partial charge in [0.1, 0.15) is 10.7 Å². The van der Waals surface area contributed by atoms with Crippen LogP contribution in [0.2, 0.25) is 0 Å². The van der Waals surface area contributed by atoms with Crippen molar-refractivity contribution in [3.05, 3.63) is 102 Å². The van der Waals surface area contributed by atoms with Crippen molar-refractivity contribution in [3.63, 3.8) is 0 Å². The summed E-state index contributed by atoms with van der Waals surface area (Å²) in [5.41, 5.74) is 1.63. The van der Waals surface area contributed by atoms with E-state index in [1.54, 1.807) is 0 Å². The van der Waals surface area contributed by atoms with Crippen LogP contribution in [-0.2, 0) is 10.0 Å². The maximum Gasteiger partial charge on any atom is 0.246 e. The van der Waals surface area contributed by atoms with E-state index in [1.165, 1.54) is 29.6 Å². The summed E-state index contributed by atoms with van der Waals surface area (Å²) in [6.07, 6.45) is 0. The molecule has 0 aliphatic carbocycles. The number of hydrogen-bond donors (Lipinski definition) is 0. The predicted molar refractivity (Wildman–Crippen MR) is 96.1 cm³/mol. The van der Waals surface area contributed by atoms with Crippen LogP contribution in [-0.4, -0.2) is 19.8 Å². The average Bonchev–Trinajstić information content (AvgIpc) is 2.64. The van der Waals surface area contributed by atoms with Gasteiger partial charge in [0.2, 0.25) is 10.0 Å². The fraction of sp³-hybridized carbons (Fsp3) is 0.100. The first-order valence-electron chi connectivity index (χ1n) is 7.84. The average molecular weight is 355 g/mol. The predicted octanol–water partition coefficient (Wildman–Crippen LogP) is 4.24. The van der Waals surface area contributed by atoms with Crippen LogP contribution in [0.1, 0.15) is 17.2 Å². The molecule has 0 spiro atoms. The summed E-state index contributed by atoms with van der Waals surface area (Å²) < 4.78 is 41.4. The minimum atomic E-state index is -4.01. The van der Waals surface area contributed by atoms with Crippen molar-refractivity contribution in [3.8, 4) is 0 Å². The lowest BCUT2D eigenvalue weighted by Crippen LogP contribution is -2.32. The standard InChI is InChI=1S/C20H18FNO2S/c1-22(25(23,24)19-15-9-8-14-18(19)21)20(16-10-4-2-5-11-16)17-12-6-3-7-13-17/h2-15,20H,1H3. The van der Waals surface area contributed by atoms with E-state index in [-0.39, 0.29) is 4.90 Å². The van der Waals surface area contributed by atoms with Gasteiger partial charge in [0.25, 0.3) is 0 Å². The van der Waals surface area contributed by atoms with E-state index in [1.807, 2.05) is 60.7 Å². The van der Waals surface area contributed by atoms with Gasteiger partial charge in [-0.15, -0.1) is 0 Å². The Labute approximate surface area is 147 Å². The van der Waals surface area contributed by atoms with Gasteiger partial charge in [-0.2, -0.15) is 4.31 Å². The van der Waals surface area contributed by atoms with E-state index in [9.17, 15) is 12.8 Å². The fourth-order valence-corrected chi connectivity index (χ4v) is 4.23. The molecule has 3 aromatic carbocycles. The first-order valence-corrected chi connectivity index (χ1v) is 9.28. The van der Waals surface area contributed by atoms with Crippen LogP contribution in [0, 0.1) is 5.82 Å². The van der Waals surface area contributed by atoms with Crippen LogP contribution < -0.4 is 0 Å². The molecule has 0 radical (unpaired) electrons. The minimum Gasteiger partial charge on any atom is -0.207 e. The maximum absolute atomic E-state index is 14.1. The zero-order chi connectivity index (χ0) is 17.9. The quantitative estimate of drug-likeness (QED) is 0.687. The summed E-state index contributed by atoms with van der Waals surface area (Å²) >= 11 is 0. The second-order valence-corrected chi connectivity index (χ2v) is 7.64. The van der Waals surface area contributed by atoms with Gasteiger partial charge in [-0.3, -0.25) is 0 Å². The molecule has 0 atom stereocenters. The summed E-state index contributed by atoms with van der Waals surface area (Å²) in [6.45, 7) is 0. The van der Waals surface area contributed by atoms with Gasteiger partial charge >= 0.3 is 0 Å². The molecule has 0 bridgehead atoms. The topological polar surface area (TPSA) is 37.4 Å². The molecule has 0 unspecified atom stereocenters. The Balaban J connectivity index is 2.12. The zero-order valence-electron chi connectivity index (χ0n) is 13.7. The largest absolute Gasteiger partial charge is 0.246 e. The van der Waals surface area contributed by atoms with Gasteiger partial charge in [0.05, 0.1) is 6.04 Å². The van der Waals surface area contributed by atoms with E-state index in [4.69, 9.17) is 0 Å². The monoisotopic (exact) mass is 355 g/mol. The van der Waals surface area contributed by atoms with Gasteiger partial charge in [-0.25, -0.2) is 12.8 Å². The lowest BCUT2D eigenvalue weighted by Gasteiger charge is -2.28. The fourth-order valence-electron chi connectivity index (χ4n) is 2.83. The maximum atomic E-state index is 14.1. The van der Waals surface area contributed by atoms with Crippen molar-refractivity contribution in [1.29, 1.82) is 0 Å². The highest BCUT2D eigenvalue weighted by atomic mass is 32.2. The van der Waals surface area contributed by atoms with Crippen molar-refractivity contribution in [1.82, 2.24) is 4.31 Å². The highest BCUT2D eigenvalue weighted by molar-refractivity contribution is 7.89. The Morgan fingerprint density at radius 1 is 0.760 bits per heavy atom. The third-order valence-corrected chi connectivity index (χ3v) is 5.94. The minimum absolute atomic E-state index is 0.325. The zero-order valence-corrected chi connectivity index (χ0v) is 14.5. The molecule has 3 nitrogen and oxygen atoms in total. The number of hydrogen-bond acceptors (Lipinski definition) is 2. The van der Waals surface area contributed by atoms with Crippen molar-refractivity contribution in [2.45, 2.75) is 10.9 Å². The summed E-state index contributed by atoms with van der Waals surface area (Å²) in [4.78, 5) is -0.325.